The molecule has 6 aromatic rings. The smallest absolute Gasteiger partial charge is 0.119 e. The average Bonchev–Trinajstić information content (AvgIpc) is 3.04. The Morgan fingerprint density at radius 1 is 0.535 bits per heavy atom. The zero-order valence-corrected chi connectivity index (χ0v) is 26.2. The maximum atomic E-state index is 5.67. The maximum absolute atomic E-state index is 5.67. The van der Waals surface area contributed by atoms with E-state index in [1.165, 1.54) is 11.1 Å². The minimum absolute atomic E-state index is 0.641. The van der Waals surface area contributed by atoms with Gasteiger partial charge in [-0.3, -0.25) is 0 Å². The van der Waals surface area contributed by atoms with Gasteiger partial charge in [0, 0.05) is 32.7 Å². The summed E-state index contributed by atoms with van der Waals surface area (Å²) in [6, 6.07) is 47.0. The standard InChI is InChI=1S/C39H33BrN2O/c1-4-43-37-23-13-31(14-24-37)39-26-32(25-38(41-39)30-9-15-33(40)16-10-30)29-11-21-36(22-12-29)42(34-17-5-27(2)6-18-34)35-19-7-28(3)8-20-35/h5-26H,4H2,1-3H3. The largest absolute Gasteiger partial charge is 0.494 e. The van der Waals surface area contributed by atoms with Crippen molar-refractivity contribution < 1.29 is 4.74 Å². The van der Waals surface area contributed by atoms with Crippen molar-refractivity contribution in [1.82, 2.24) is 4.98 Å². The Bertz CT molecular complexity index is 1770. The summed E-state index contributed by atoms with van der Waals surface area (Å²) in [5.41, 5.74) is 12.0. The molecule has 0 N–H and O–H groups in total. The van der Waals surface area contributed by atoms with Gasteiger partial charge < -0.3 is 9.64 Å². The molecule has 3 nitrogen and oxygen atoms in total. The highest BCUT2D eigenvalue weighted by Gasteiger charge is 2.14. The van der Waals surface area contributed by atoms with Crippen molar-refractivity contribution in [3.8, 4) is 39.4 Å². The fraction of sp³-hybridized carbons (Fsp3) is 0.103. The van der Waals surface area contributed by atoms with Crippen LogP contribution in [-0.4, -0.2) is 11.6 Å². The molecule has 212 valence electrons. The van der Waals surface area contributed by atoms with E-state index in [0.717, 1.165) is 60.9 Å². The second kappa shape index (κ2) is 12.7. The highest BCUT2D eigenvalue weighted by atomic mass is 79.9. The van der Waals surface area contributed by atoms with Gasteiger partial charge in [0.25, 0.3) is 0 Å². The van der Waals surface area contributed by atoms with E-state index in [2.05, 4.69) is 156 Å². The molecule has 0 aliphatic heterocycles. The third kappa shape index (κ3) is 6.55. The van der Waals surface area contributed by atoms with E-state index in [-0.39, 0.29) is 0 Å². The summed E-state index contributed by atoms with van der Waals surface area (Å²) in [6.07, 6.45) is 0. The van der Waals surface area contributed by atoms with Crippen molar-refractivity contribution in [2.75, 3.05) is 11.5 Å². The minimum atomic E-state index is 0.641. The zero-order chi connectivity index (χ0) is 29.8. The molecule has 0 amide bonds. The number of halogens is 1. The maximum Gasteiger partial charge on any atom is 0.119 e. The summed E-state index contributed by atoms with van der Waals surface area (Å²) in [6.45, 7) is 6.87. The summed E-state index contributed by atoms with van der Waals surface area (Å²) in [4.78, 5) is 7.38. The topological polar surface area (TPSA) is 25.4 Å². The predicted molar refractivity (Wildman–Crippen MR) is 184 cm³/mol. The molecule has 4 heteroatoms. The summed E-state index contributed by atoms with van der Waals surface area (Å²) in [5.74, 6) is 0.859. The van der Waals surface area contributed by atoms with Crippen molar-refractivity contribution >= 4 is 33.0 Å². The molecule has 1 aromatic heterocycles. The highest BCUT2D eigenvalue weighted by molar-refractivity contribution is 9.10. The summed E-state index contributed by atoms with van der Waals surface area (Å²) < 4.78 is 6.71. The molecular weight excluding hydrogens is 592 g/mol. The van der Waals surface area contributed by atoms with Gasteiger partial charge >= 0.3 is 0 Å². The molecule has 0 saturated heterocycles. The Kier molecular flexibility index (Phi) is 8.39. The van der Waals surface area contributed by atoms with Crippen LogP contribution in [0, 0.1) is 13.8 Å². The summed E-state index contributed by atoms with van der Waals surface area (Å²) in [7, 11) is 0. The SMILES string of the molecule is CCOc1ccc(-c2cc(-c3ccc(N(c4ccc(C)cc4)c4ccc(C)cc4)cc3)cc(-c3ccc(Br)cc3)n2)cc1. The third-order valence-corrected chi connectivity index (χ3v) is 8.00. The van der Waals surface area contributed by atoms with E-state index in [1.54, 1.807) is 0 Å². The van der Waals surface area contributed by atoms with Gasteiger partial charge in [0.1, 0.15) is 5.75 Å². The Morgan fingerprint density at radius 3 is 1.42 bits per heavy atom. The lowest BCUT2D eigenvalue weighted by Crippen LogP contribution is -2.09. The molecule has 5 aromatic carbocycles. The molecule has 0 radical (unpaired) electrons. The fourth-order valence-corrected chi connectivity index (χ4v) is 5.40. The lowest BCUT2D eigenvalue weighted by Gasteiger charge is -2.26. The molecule has 0 atom stereocenters. The zero-order valence-electron chi connectivity index (χ0n) is 24.6. The second-order valence-electron chi connectivity index (χ2n) is 10.6. The van der Waals surface area contributed by atoms with Gasteiger partial charge in [-0.15, -0.1) is 0 Å². The Labute approximate surface area is 262 Å². The van der Waals surface area contributed by atoms with Crippen LogP contribution in [0.3, 0.4) is 0 Å². The van der Waals surface area contributed by atoms with Crippen molar-refractivity contribution in [2.45, 2.75) is 20.8 Å². The first kappa shape index (κ1) is 28.4. The van der Waals surface area contributed by atoms with Crippen molar-refractivity contribution in [3.63, 3.8) is 0 Å². The monoisotopic (exact) mass is 624 g/mol. The number of aryl methyl sites for hydroxylation is 2. The van der Waals surface area contributed by atoms with Crippen LogP contribution in [0.4, 0.5) is 17.1 Å². The predicted octanol–water partition coefficient (Wildman–Crippen LogP) is 11.3. The number of ether oxygens (including phenoxy) is 1. The van der Waals surface area contributed by atoms with Gasteiger partial charge in [-0.05, 0) is 117 Å². The van der Waals surface area contributed by atoms with E-state index in [9.17, 15) is 0 Å². The van der Waals surface area contributed by atoms with Crippen molar-refractivity contribution in [1.29, 1.82) is 0 Å². The van der Waals surface area contributed by atoms with E-state index < -0.39 is 0 Å². The highest BCUT2D eigenvalue weighted by Crippen LogP contribution is 2.37. The quantitative estimate of drug-likeness (QED) is 0.168. The summed E-state index contributed by atoms with van der Waals surface area (Å²) in [5, 5.41) is 0. The minimum Gasteiger partial charge on any atom is -0.494 e. The van der Waals surface area contributed by atoms with Crippen LogP contribution >= 0.6 is 15.9 Å². The lowest BCUT2D eigenvalue weighted by molar-refractivity contribution is 0.340. The van der Waals surface area contributed by atoms with E-state index >= 15 is 0 Å². The molecule has 0 aliphatic carbocycles. The number of rotatable bonds is 8. The van der Waals surface area contributed by atoms with E-state index in [4.69, 9.17) is 9.72 Å². The first-order valence-corrected chi connectivity index (χ1v) is 15.3. The number of hydrogen-bond donors (Lipinski definition) is 0. The Morgan fingerprint density at radius 2 is 0.953 bits per heavy atom. The normalized spacial score (nSPS) is 10.9. The van der Waals surface area contributed by atoms with Gasteiger partial charge in [-0.25, -0.2) is 4.98 Å². The van der Waals surface area contributed by atoms with Crippen LogP contribution in [0.2, 0.25) is 0 Å². The van der Waals surface area contributed by atoms with Gasteiger partial charge in [0.15, 0.2) is 0 Å². The van der Waals surface area contributed by atoms with Crippen LogP contribution in [-0.2, 0) is 0 Å². The number of aromatic nitrogens is 1. The number of pyridine rings is 1. The number of anilines is 3. The summed E-state index contributed by atoms with van der Waals surface area (Å²) >= 11 is 3.56. The molecule has 1 heterocycles. The molecule has 0 bridgehead atoms. The van der Waals surface area contributed by atoms with Gasteiger partial charge in [0.05, 0.1) is 18.0 Å². The van der Waals surface area contributed by atoms with Crippen LogP contribution in [0.25, 0.3) is 33.6 Å². The molecule has 0 aliphatic rings. The molecular formula is C39H33BrN2O. The number of nitrogens with zero attached hydrogens (tertiary/aromatic N) is 2. The Hall–Kier alpha value is -4.67. The van der Waals surface area contributed by atoms with Crippen LogP contribution in [0.1, 0.15) is 18.1 Å². The molecule has 43 heavy (non-hydrogen) atoms. The van der Waals surface area contributed by atoms with E-state index in [0.29, 0.717) is 6.61 Å². The van der Waals surface area contributed by atoms with Crippen molar-refractivity contribution in [2.24, 2.45) is 0 Å². The first-order chi connectivity index (χ1) is 21.0. The molecule has 0 fully saturated rings. The van der Waals surface area contributed by atoms with Crippen LogP contribution in [0.5, 0.6) is 5.75 Å². The Balaban J connectivity index is 1.41. The van der Waals surface area contributed by atoms with Gasteiger partial charge in [-0.1, -0.05) is 75.6 Å². The van der Waals surface area contributed by atoms with Crippen LogP contribution in [0.15, 0.2) is 138 Å². The molecule has 0 unspecified atom stereocenters. The average molecular weight is 626 g/mol. The number of hydrogen-bond acceptors (Lipinski definition) is 3. The van der Waals surface area contributed by atoms with Gasteiger partial charge in [0.2, 0.25) is 0 Å². The molecule has 0 saturated carbocycles. The molecule has 6 rings (SSSR count). The van der Waals surface area contributed by atoms with Crippen LogP contribution < -0.4 is 9.64 Å². The first-order valence-electron chi connectivity index (χ1n) is 14.5. The molecule has 0 spiro atoms. The third-order valence-electron chi connectivity index (χ3n) is 7.47. The van der Waals surface area contributed by atoms with Gasteiger partial charge in [-0.2, -0.15) is 0 Å². The van der Waals surface area contributed by atoms with Crippen molar-refractivity contribution in [3.05, 3.63) is 149 Å². The van der Waals surface area contributed by atoms with E-state index in [1.807, 2.05) is 19.1 Å². The fourth-order valence-electron chi connectivity index (χ4n) is 5.14. The lowest BCUT2D eigenvalue weighted by atomic mass is 9.99. The second-order valence-corrected chi connectivity index (χ2v) is 11.6. The number of benzene rings is 5.